The monoisotopic (exact) mass is 296 g/mol. The Kier molecular flexibility index (Phi) is 3.40. The number of non-ortho nitro benzene ring substituents is 1. The molecule has 22 heavy (non-hydrogen) atoms. The summed E-state index contributed by atoms with van der Waals surface area (Å²) in [6.45, 7) is 0. The number of para-hydroxylation sites is 2. The topological polar surface area (TPSA) is 127 Å². The third-order valence-electron chi connectivity index (χ3n) is 3.16. The van der Waals surface area contributed by atoms with Crippen molar-refractivity contribution in [2.24, 2.45) is 0 Å². The molecule has 4 N–H and O–H groups in total. The lowest BCUT2D eigenvalue weighted by Gasteiger charge is -1.91. The second-order valence-electron chi connectivity index (χ2n) is 4.55. The van der Waals surface area contributed by atoms with Gasteiger partial charge >= 0.3 is 0 Å². The number of rotatable bonds is 1. The number of hydrogen-bond donors (Lipinski definition) is 3. The number of benzene rings is 2. The van der Waals surface area contributed by atoms with Gasteiger partial charge in [0.15, 0.2) is 0 Å². The predicted octanol–water partition coefficient (Wildman–Crippen LogP) is 2.62. The summed E-state index contributed by atoms with van der Waals surface area (Å²) >= 11 is 0. The van der Waals surface area contributed by atoms with Crippen LogP contribution in [0.15, 0.2) is 48.8 Å². The van der Waals surface area contributed by atoms with Gasteiger partial charge in [0, 0.05) is 16.8 Å². The van der Waals surface area contributed by atoms with Crippen LogP contribution in [-0.2, 0) is 0 Å². The molecule has 0 atom stereocenters. The zero-order valence-electron chi connectivity index (χ0n) is 11.4. The van der Waals surface area contributed by atoms with Crippen LogP contribution in [0.25, 0.3) is 21.8 Å². The molecule has 0 aliphatic rings. The summed E-state index contributed by atoms with van der Waals surface area (Å²) in [6, 6.07) is 10.6. The molecule has 2 heterocycles. The van der Waals surface area contributed by atoms with E-state index >= 15 is 0 Å². The molecule has 2 aromatic heterocycles. The summed E-state index contributed by atoms with van der Waals surface area (Å²) in [4.78, 5) is 10.0. The lowest BCUT2D eigenvalue weighted by atomic mass is 10.2. The van der Waals surface area contributed by atoms with Gasteiger partial charge in [-0.1, -0.05) is 24.3 Å². The summed E-state index contributed by atoms with van der Waals surface area (Å²) in [6.07, 6.45) is 3.31. The molecule has 0 fully saturated rings. The third kappa shape index (κ3) is 2.44. The van der Waals surface area contributed by atoms with Gasteiger partial charge < -0.3 is 5.73 Å². The minimum absolute atomic E-state index is 0.0602. The van der Waals surface area contributed by atoms with E-state index in [1.165, 1.54) is 6.07 Å². The van der Waals surface area contributed by atoms with Crippen molar-refractivity contribution < 1.29 is 4.92 Å². The molecule has 0 saturated carbocycles. The summed E-state index contributed by atoms with van der Waals surface area (Å²) in [5.41, 5.74) is 7.83. The fourth-order valence-corrected chi connectivity index (χ4v) is 2.10. The molecule has 8 nitrogen and oxygen atoms in total. The quantitative estimate of drug-likeness (QED) is 0.283. The average Bonchev–Trinajstić information content (AvgIpc) is 3.16. The van der Waals surface area contributed by atoms with Crippen LogP contribution in [0.1, 0.15) is 0 Å². The number of nitro benzene ring substituents is 1. The number of nitrogens with two attached hydrogens (primary N) is 1. The van der Waals surface area contributed by atoms with E-state index in [1.807, 2.05) is 18.2 Å². The van der Waals surface area contributed by atoms with Crippen LogP contribution >= 0.6 is 0 Å². The van der Waals surface area contributed by atoms with Crippen molar-refractivity contribution in [1.29, 1.82) is 0 Å². The highest BCUT2D eigenvalue weighted by Crippen LogP contribution is 2.21. The molecule has 2 aromatic carbocycles. The van der Waals surface area contributed by atoms with Crippen LogP contribution in [0.2, 0.25) is 0 Å². The van der Waals surface area contributed by atoms with Gasteiger partial charge in [0.1, 0.15) is 5.52 Å². The first kappa shape index (κ1) is 13.6. The average molecular weight is 296 g/mol. The highest BCUT2D eigenvalue weighted by atomic mass is 16.6. The minimum Gasteiger partial charge on any atom is -0.397 e. The Morgan fingerprint density at radius 3 is 2.18 bits per heavy atom. The standard InChI is InChI=1S/C7H5N3O2.C7H7N3/c11-10(12)6-3-1-2-5-4-8-9-7(5)6;8-6-3-1-2-5-4-9-10-7(5)6/h1-4H,(H,8,9);1-4H,8H2,(H,9,10). The van der Waals surface area contributed by atoms with E-state index in [1.54, 1.807) is 24.5 Å². The molecule has 0 saturated heterocycles. The van der Waals surface area contributed by atoms with Crippen molar-refractivity contribution in [3.63, 3.8) is 0 Å². The van der Waals surface area contributed by atoms with E-state index in [4.69, 9.17) is 5.73 Å². The molecular weight excluding hydrogens is 284 g/mol. The summed E-state index contributed by atoms with van der Waals surface area (Å²) in [5.74, 6) is 0. The first-order chi connectivity index (χ1) is 10.7. The van der Waals surface area contributed by atoms with Crippen molar-refractivity contribution in [2.75, 3.05) is 5.73 Å². The third-order valence-corrected chi connectivity index (χ3v) is 3.16. The molecule has 0 bridgehead atoms. The maximum Gasteiger partial charge on any atom is 0.294 e. The molecule has 110 valence electrons. The number of hydrogen-bond acceptors (Lipinski definition) is 5. The number of anilines is 1. The lowest BCUT2D eigenvalue weighted by molar-refractivity contribution is -0.383. The molecule has 0 spiro atoms. The number of aromatic amines is 2. The maximum absolute atomic E-state index is 10.5. The van der Waals surface area contributed by atoms with E-state index in [-0.39, 0.29) is 5.69 Å². The molecule has 0 unspecified atom stereocenters. The van der Waals surface area contributed by atoms with Crippen LogP contribution in [0, 0.1) is 10.1 Å². The Labute approximate surface area is 124 Å². The Balaban J connectivity index is 0.000000133. The molecular formula is C14H12N6O2. The number of fused-ring (bicyclic) bond motifs is 2. The van der Waals surface area contributed by atoms with E-state index in [0.717, 1.165) is 22.0 Å². The minimum atomic E-state index is -0.430. The highest BCUT2D eigenvalue weighted by molar-refractivity contribution is 5.88. The van der Waals surface area contributed by atoms with Gasteiger partial charge in [-0.2, -0.15) is 10.2 Å². The number of nitrogens with zero attached hydrogens (tertiary/aromatic N) is 3. The predicted molar refractivity (Wildman–Crippen MR) is 83.3 cm³/mol. The number of nitrogens with one attached hydrogen (secondary N) is 2. The summed E-state index contributed by atoms with van der Waals surface area (Å²) in [5, 5.41) is 25.2. The Morgan fingerprint density at radius 2 is 1.55 bits per heavy atom. The molecule has 0 amide bonds. The summed E-state index contributed by atoms with van der Waals surface area (Å²) in [7, 11) is 0. The van der Waals surface area contributed by atoms with E-state index in [9.17, 15) is 10.1 Å². The van der Waals surface area contributed by atoms with Crippen molar-refractivity contribution in [3.8, 4) is 0 Å². The van der Waals surface area contributed by atoms with Gasteiger partial charge in [0.25, 0.3) is 5.69 Å². The van der Waals surface area contributed by atoms with Crippen LogP contribution in [-0.4, -0.2) is 25.3 Å². The van der Waals surface area contributed by atoms with E-state index < -0.39 is 4.92 Å². The van der Waals surface area contributed by atoms with Crippen LogP contribution < -0.4 is 5.73 Å². The van der Waals surface area contributed by atoms with Crippen LogP contribution in [0.4, 0.5) is 11.4 Å². The van der Waals surface area contributed by atoms with Crippen LogP contribution in [0.3, 0.4) is 0 Å². The molecule has 8 heteroatoms. The molecule has 0 aliphatic carbocycles. The normalized spacial score (nSPS) is 10.4. The number of H-pyrrole nitrogens is 2. The smallest absolute Gasteiger partial charge is 0.294 e. The Hall–Kier alpha value is -3.42. The molecule has 4 aromatic rings. The second-order valence-corrected chi connectivity index (χ2v) is 4.55. The SMILES string of the molecule is Nc1cccc2cn[nH]c12.O=[N+]([O-])c1cccc2cn[nH]c12. The fourth-order valence-electron chi connectivity index (χ4n) is 2.10. The lowest BCUT2D eigenvalue weighted by Crippen LogP contribution is -1.88. The van der Waals surface area contributed by atoms with Gasteiger partial charge in [-0.05, 0) is 6.07 Å². The molecule has 4 rings (SSSR count). The highest BCUT2D eigenvalue weighted by Gasteiger charge is 2.11. The van der Waals surface area contributed by atoms with Gasteiger partial charge in [0.05, 0.1) is 28.5 Å². The zero-order valence-corrected chi connectivity index (χ0v) is 11.4. The number of nitro groups is 1. The van der Waals surface area contributed by atoms with E-state index in [0.29, 0.717) is 5.52 Å². The first-order valence-corrected chi connectivity index (χ1v) is 6.41. The largest absolute Gasteiger partial charge is 0.397 e. The number of nitrogen functional groups attached to an aromatic ring is 1. The number of aromatic nitrogens is 4. The van der Waals surface area contributed by atoms with Crippen molar-refractivity contribution in [3.05, 3.63) is 58.9 Å². The van der Waals surface area contributed by atoms with Crippen molar-refractivity contribution in [1.82, 2.24) is 20.4 Å². The van der Waals surface area contributed by atoms with Gasteiger partial charge in [-0.25, -0.2) is 0 Å². The van der Waals surface area contributed by atoms with E-state index in [2.05, 4.69) is 20.4 Å². The zero-order chi connectivity index (χ0) is 15.5. The van der Waals surface area contributed by atoms with Gasteiger partial charge in [0.2, 0.25) is 0 Å². The second kappa shape index (κ2) is 5.52. The van der Waals surface area contributed by atoms with Gasteiger partial charge in [-0.15, -0.1) is 0 Å². The molecule has 0 aliphatic heterocycles. The van der Waals surface area contributed by atoms with Crippen molar-refractivity contribution >= 4 is 33.2 Å². The van der Waals surface area contributed by atoms with Crippen molar-refractivity contribution in [2.45, 2.75) is 0 Å². The summed E-state index contributed by atoms with van der Waals surface area (Å²) < 4.78 is 0. The fraction of sp³-hybridized carbons (Fsp3) is 0. The van der Waals surface area contributed by atoms with Crippen LogP contribution in [0.5, 0.6) is 0 Å². The Bertz CT molecular complexity index is 942. The molecule has 0 radical (unpaired) electrons. The Morgan fingerprint density at radius 1 is 0.955 bits per heavy atom. The first-order valence-electron chi connectivity index (χ1n) is 6.41. The maximum atomic E-state index is 10.5. The van der Waals surface area contributed by atoms with Gasteiger partial charge in [-0.3, -0.25) is 20.3 Å².